The molecule has 2 aliphatic carbocycles. The van der Waals surface area contributed by atoms with Gasteiger partial charge in [0.25, 0.3) is 0 Å². The van der Waals surface area contributed by atoms with Gasteiger partial charge in [-0.05, 0) is 61.8 Å². The van der Waals surface area contributed by atoms with Gasteiger partial charge in [0.2, 0.25) is 5.82 Å². The standard InChI is InChI=1S/C33H32F3N5O3/c1-19(21-10-6-11-21)37-28-27-29(39-30(38-28)32(43)44-2)40-31(41(27)18-20-14-16-23(17-15-20)33(34,35)36)24-12-7-13-25(42)26(24)22-8-4-3-5-9-22/h3-5,8-9,14-17,19,21H,6-7,10-13,18H2,1-2H3,(H,37,38,39)/t19-/m1/s1. The van der Waals surface area contributed by atoms with E-state index in [0.29, 0.717) is 53.5 Å². The molecule has 0 aliphatic heterocycles. The molecule has 1 fully saturated rings. The van der Waals surface area contributed by atoms with Crippen molar-refractivity contribution in [3.05, 3.63) is 82.9 Å². The average Bonchev–Trinajstić information content (AvgIpc) is 3.34. The number of anilines is 1. The Morgan fingerprint density at radius 3 is 2.39 bits per heavy atom. The number of hydrogen-bond acceptors (Lipinski definition) is 7. The number of carbonyl (C=O) groups excluding carboxylic acids is 2. The van der Waals surface area contributed by atoms with Crippen LogP contribution in [-0.4, -0.2) is 44.4 Å². The van der Waals surface area contributed by atoms with E-state index in [9.17, 15) is 22.8 Å². The highest BCUT2D eigenvalue weighted by Crippen LogP contribution is 2.39. The van der Waals surface area contributed by atoms with Gasteiger partial charge in [-0.3, -0.25) is 4.79 Å². The van der Waals surface area contributed by atoms with E-state index in [2.05, 4.69) is 22.2 Å². The SMILES string of the molecule is COC(=O)c1nc(N[C@H](C)C2CCC2)c2c(n1)nc(C1=C(c3ccccc3)C(=O)CCC1)n2Cc1ccc(C(F)(F)F)cc1. The van der Waals surface area contributed by atoms with Crippen molar-refractivity contribution in [2.24, 2.45) is 5.92 Å². The number of Topliss-reactive ketones (excluding diaryl/α,β-unsaturated/α-hetero) is 1. The fourth-order valence-electron chi connectivity index (χ4n) is 5.97. The van der Waals surface area contributed by atoms with Crippen LogP contribution in [0.4, 0.5) is 19.0 Å². The number of alkyl halides is 3. The van der Waals surface area contributed by atoms with Crippen LogP contribution in [-0.2, 0) is 22.3 Å². The molecule has 0 saturated heterocycles. The van der Waals surface area contributed by atoms with E-state index in [1.165, 1.54) is 19.2 Å². The van der Waals surface area contributed by atoms with E-state index in [4.69, 9.17) is 9.72 Å². The molecule has 1 atom stereocenters. The zero-order valence-electron chi connectivity index (χ0n) is 24.4. The topological polar surface area (TPSA) is 99.0 Å². The molecule has 0 spiro atoms. The van der Waals surface area contributed by atoms with E-state index in [1.807, 2.05) is 34.9 Å². The third-order valence-electron chi connectivity index (χ3n) is 8.56. The van der Waals surface area contributed by atoms with Gasteiger partial charge < -0.3 is 14.6 Å². The monoisotopic (exact) mass is 603 g/mol. The number of hydrogen-bond donors (Lipinski definition) is 1. The van der Waals surface area contributed by atoms with Gasteiger partial charge in [-0.15, -0.1) is 0 Å². The highest BCUT2D eigenvalue weighted by atomic mass is 19.4. The van der Waals surface area contributed by atoms with Gasteiger partial charge in [-0.2, -0.15) is 13.2 Å². The molecule has 11 heteroatoms. The summed E-state index contributed by atoms with van der Waals surface area (Å²) in [5.74, 6) is 0.375. The smallest absolute Gasteiger partial charge is 0.416 e. The summed E-state index contributed by atoms with van der Waals surface area (Å²) in [5, 5.41) is 3.48. The van der Waals surface area contributed by atoms with Crippen LogP contribution in [0.1, 0.15) is 78.6 Å². The fourth-order valence-corrected chi connectivity index (χ4v) is 5.97. The van der Waals surface area contributed by atoms with E-state index < -0.39 is 17.7 Å². The lowest BCUT2D eigenvalue weighted by Crippen LogP contribution is -2.31. The van der Waals surface area contributed by atoms with Gasteiger partial charge in [0, 0.05) is 30.2 Å². The number of benzene rings is 2. The van der Waals surface area contributed by atoms with E-state index in [-0.39, 0.29) is 29.8 Å². The predicted octanol–water partition coefficient (Wildman–Crippen LogP) is 6.94. The van der Waals surface area contributed by atoms with Crippen molar-refractivity contribution < 1.29 is 27.5 Å². The minimum Gasteiger partial charge on any atom is -0.463 e. The van der Waals surface area contributed by atoms with E-state index in [1.54, 1.807) is 0 Å². The van der Waals surface area contributed by atoms with Crippen molar-refractivity contribution in [1.29, 1.82) is 0 Å². The summed E-state index contributed by atoms with van der Waals surface area (Å²) in [5.41, 5.74) is 2.61. The van der Waals surface area contributed by atoms with Crippen molar-refractivity contribution in [3.8, 4) is 0 Å². The number of ketones is 1. The first-order valence-electron chi connectivity index (χ1n) is 14.8. The van der Waals surface area contributed by atoms with Crippen molar-refractivity contribution in [2.75, 3.05) is 12.4 Å². The molecule has 2 aromatic heterocycles. The van der Waals surface area contributed by atoms with Crippen LogP contribution >= 0.6 is 0 Å². The maximum atomic E-state index is 13.4. The van der Waals surface area contributed by atoms with Crippen LogP contribution in [0.25, 0.3) is 22.3 Å². The van der Waals surface area contributed by atoms with Gasteiger partial charge in [-0.25, -0.2) is 19.7 Å². The first-order chi connectivity index (χ1) is 21.1. The number of imidazole rings is 1. The molecule has 1 saturated carbocycles. The van der Waals surface area contributed by atoms with E-state index >= 15 is 0 Å². The fraction of sp³-hybridized carbons (Fsp3) is 0.364. The number of ether oxygens (including phenoxy) is 1. The van der Waals surface area contributed by atoms with E-state index in [0.717, 1.165) is 42.5 Å². The zero-order valence-corrected chi connectivity index (χ0v) is 24.4. The van der Waals surface area contributed by atoms with Crippen LogP contribution in [0.2, 0.25) is 0 Å². The van der Waals surface area contributed by atoms with Crippen LogP contribution in [0, 0.1) is 5.92 Å². The van der Waals surface area contributed by atoms with Gasteiger partial charge in [0.15, 0.2) is 17.2 Å². The molecule has 44 heavy (non-hydrogen) atoms. The first-order valence-corrected chi connectivity index (χ1v) is 14.8. The number of aromatic nitrogens is 4. The Hall–Kier alpha value is -4.54. The molecule has 0 unspecified atom stereocenters. The minimum absolute atomic E-state index is 0.0103. The third-order valence-corrected chi connectivity index (χ3v) is 8.56. The Morgan fingerprint density at radius 2 is 1.75 bits per heavy atom. The Kier molecular flexibility index (Phi) is 7.96. The second-order valence-corrected chi connectivity index (χ2v) is 11.4. The van der Waals surface area contributed by atoms with Crippen molar-refractivity contribution in [2.45, 2.75) is 64.2 Å². The van der Waals surface area contributed by atoms with Gasteiger partial charge in [-0.1, -0.05) is 48.9 Å². The molecule has 228 valence electrons. The maximum absolute atomic E-state index is 13.4. The van der Waals surface area contributed by atoms with Gasteiger partial charge in [0.05, 0.1) is 12.7 Å². The van der Waals surface area contributed by atoms with Crippen LogP contribution < -0.4 is 5.32 Å². The molecule has 2 aromatic carbocycles. The van der Waals surface area contributed by atoms with Crippen LogP contribution in [0.15, 0.2) is 54.6 Å². The molecule has 1 N–H and O–H groups in total. The lowest BCUT2D eigenvalue weighted by Gasteiger charge is -2.32. The summed E-state index contributed by atoms with van der Waals surface area (Å²) in [4.78, 5) is 39.9. The lowest BCUT2D eigenvalue weighted by molar-refractivity contribution is -0.137. The second-order valence-electron chi connectivity index (χ2n) is 11.4. The summed E-state index contributed by atoms with van der Waals surface area (Å²) in [6, 6.07) is 14.4. The number of fused-ring (bicyclic) bond motifs is 1. The number of rotatable bonds is 8. The molecular formula is C33H32F3N5O3. The second kappa shape index (κ2) is 11.9. The van der Waals surface area contributed by atoms with Crippen molar-refractivity contribution in [1.82, 2.24) is 19.5 Å². The molecule has 2 aliphatic rings. The molecule has 2 heterocycles. The number of halogens is 3. The molecule has 6 rings (SSSR count). The zero-order chi connectivity index (χ0) is 31.0. The molecule has 0 radical (unpaired) electrons. The summed E-state index contributed by atoms with van der Waals surface area (Å²) < 4.78 is 46.8. The minimum atomic E-state index is -4.46. The van der Waals surface area contributed by atoms with Gasteiger partial charge >= 0.3 is 12.1 Å². The van der Waals surface area contributed by atoms with Crippen molar-refractivity contribution in [3.63, 3.8) is 0 Å². The Morgan fingerprint density at radius 1 is 1.02 bits per heavy atom. The quantitative estimate of drug-likeness (QED) is 0.218. The largest absolute Gasteiger partial charge is 0.463 e. The third kappa shape index (κ3) is 5.70. The maximum Gasteiger partial charge on any atom is 0.416 e. The van der Waals surface area contributed by atoms with Crippen LogP contribution in [0.3, 0.4) is 0 Å². The predicted molar refractivity (Wildman–Crippen MR) is 160 cm³/mol. The number of esters is 1. The summed E-state index contributed by atoms with van der Waals surface area (Å²) in [6.07, 6.45) is 0.391. The first kappa shape index (κ1) is 29.5. The molecular weight excluding hydrogens is 571 g/mol. The van der Waals surface area contributed by atoms with Crippen molar-refractivity contribution >= 4 is 39.9 Å². The number of methoxy groups -OCH3 is 1. The molecule has 4 aromatic rings. The highest BCUT2D eigenvalue weighted by molar-refractivity contribution is 6.28. The lowest BCUT2D eigenvalue weighted by atomic mass is 9.80. The average molecular weight is 604 g/mol. The Balaban J connectivity index is 1.59. The summed E-state index contributed by atoms with van der Waals surface area (Å²) in [6.45, 7) is 2.19. The summed E-state index contributed by atoms with van der Waals surface area (Å²) in [7, 11) is 1.25. The number of nitrogens with zero attached hydrogens (tertiary/aromatic N) is 4. The highest BCUT2D eigenvalue weighted by Gasteiger charge is 2.32. The number of nitrogens with one attached hydrogen (secondary N) is 1. The molecule has 0 amide bonds. The molecule has 8 nitrogen and oxygen atoms in total. The van der Waals surface area contributed by atoms with Crippen LogP contribution in [0.5, 0.6) is 0 Å². The summed E-state index contributed by atoms with van der Waals surface area (Å²) >= 11 is 0. The number of allylic oxidation sites excluding steroid dienone is 2. The normalized spacial score (nSPS) is 16.6. The van der Waals surface area contributed by atoms with Gasteiger partial charge in [0.1, 0.15) is 11.3 Å². The molecule has 0 bridgehead atoms. The Bertz CT molecular complexity index is 1740. The number of carbonyl (C=O) groups is 2. The Labute approximate surface area is 252 Å².